The zero-order valence-electron chi connectivity index (χ0n) is 10.0. The Bertz CT molecular complexity index is 326. The predicted octanol–water partition coefficient (Wildman–Crippen LogP) is 0.722. The summed E-state index contributed by atoms with van der Waals surface area (Å²) in [7, 11) is 0. The molecule has 1 rings (SSSR count). The summed E-state index contributed by atoms with van der Waals surface area (Å²) in [6.45, 7) is 6.25. The van der Waals surface area contributed by atoms with Crippen LogP contribution in [0.4, 0.5) is 0 Å². The van der Waals surface area contributed by atoms with Crippen molar-refractivity contribution < 1.29 is 19.1 Å². The van der Waals surface area contributed by atoms with Crippen molar-refractivity contribution in [1.29, 1.82) is 0 Å². The van der Waals surface area contributed by atoms with E-state index in [9.17, 15) is 14.4 Å². The highest BCUT2D eigenvalue weighted by atomic mass is 16.5. The Morgan fingerprint density at radius 1 is 1.44 bits per heavy atom. The molecule has 3 unspecified atom stereocenters. The molecule has 1 heterocycles. The number of hydrogen-bond acceptors (Lipinski definition) is 4. The van der Waals surface area contributed by atoms with Gasteiger partial charge in [0, 0.05) is 20.3 Å². The maximum absolute atomic E-state index is 11.6. The van der Waals surface area contributed by atoms with Gasteiger partial charge in [-0.1, -0.05) is 6.92 Å². The van der Waals surface area contributed by atoms with Crippen molar-refractivity contribution in [2.24, 2.45) is 5.92 Å². The number of carbonyl (C=O) groups is 3. The van der Waals surface area contributed by atoms with Crippen molar-refractivity contribution in [2.45, 2.75) is 46.3 Å². The lowest BCUT2D eigenvalue weighted by atomic mass is 9.98. The average molecular weight is 227 g/mol. The van der Waals surface area contributed by atoms with Gasteiger partial charge in [-0.15, -0.1) is 0 Å². The first-order chi connectivity index (χ1) is 7.34. The zero-order chi connectivity index (χ0) is 12.5. The van der Waals surface area contributed by atoms with Gasteiger partial charge >= 0.3 is 5.97 Å². The van der Waals surface area contributed by atoms with E-state index >= 15 is 0 Å². The summed E-state index contributed by atoms with van der Waals surface area (Å²) in [6.07, 6.45) is -0.126. The van der Waals surface area contributed by atoms with Crippen LogP contribution in [0.25, 0.3) is 0 Å². The first-order valence-electron chi connectivity index (χ1n) is 5.34. The third-order valence-corrected chi connectivity index (χ3v) is 2.82. The first kappa shape index (κ1) is 12.7. The van der Waals surface area contributed by atoms with Crippen molar-refractivity contribution in [3.8, 4) is 0 Å². The maximum atomic E-state index is 11.6. The van der Waals surface area contributed by atoms with Gasteiger partial charge in [0.15, 0.2) is 0 Å². The normalized spacial score (nSPS) is 26.8. The Labute approximate surface area is 94.7 Å². The molecule has 2 amide bonds. The topological polar surface area (TPSA) is 63.7 Å². The number of carbonyl (C=O) groups excluding carboxylic acids is 3. The van der Waals surface area contributed by atoms with Crippen LogP contribution in [0.3, 0.4) is 0 Å². The second-order valence-electron chi connectivity index (χ2n) is 4.27. The Hall–Kier alpha value is -1.39. The molecular formula is C11H17NO4. The number of nitrogens with zero attached hydrogens (tertiary/aromatic N) is 1. The average Bonchev–Trinajstić information content (AvgIpc) is 2.39. The smallest absolute Gasteiger partial charge is 0.302 e. The van der Waals surface area contributed by atoms with Crippen LogP contribution in [-0.4, -0.2) is 34.8 Å². The summed E-state index contributed by atoms with van der Waals surface area (Å²) in [6, 6.07) is -0.339. The molecule has 0 aromatic heterocycles. The predicted molar refractivity (Wildman–Crippen MR) is 56.3 cm³/mol. The number of hydrogen-bond donors (Lipinski definition) is 0. The van der Waals surface area contributed by atoms with Gasteiger partial charge in [0.1, 0.15) is 6.10 Å². The van der Waals surface area contributed by atoms with Crippen LogP contribution in [0.5, 0.6) is 0 Å². The number of amides is 2. The number of rotatable bonds is 2. The van der Waals surface area contributed by atoms with Crippen LogP contribution < -0.4 is 0 Å². The number of ether oxygens (including phenoxy) is 1. The fourth-order valence-corrected chi connectivity index (χ4v) is 2.30. The molecular weight excluding hydrogens is 210 g/mol. The first-order valence-corrected chi connectivity index (χ1v) is 5.34. The van der Waals surface area contributed by atoms with Crippen molar-refractivity contribution in [3.63, 3.8) is 0 Å². The van der Waals surface area contributed by atoms with E-state index in [-0.39, 0.29) is 23.8 Å². The molecule has 1 aliphatic heterocycles. The number of likely N-dealkylation sites (tertiary alicyclic amines) is 1. The van der Waals surface area contributed by atoms with Gasteiger partial charge in [-0.05, 0) is 12.8 Å². The van der Waals surface area contributed by atoms with Gasteiger partial charge in [-0.3, -0.25) is 19.3 Å². The van der Waals surface area contributed by atoms with E-state index in [1.54, 1.807) is 6.92 Å². The largest absolute Gasteiger partial charge is 0.461 e. The fourth-order valence-electron chi connectivity index (χ4n) is 2.30. The Kier molecular flexibility index (Phi) is 3.67. The number of imide groups is 1. The molecule has 0 aliphatic carbocycles. The summed E-state index contributed by atoms with van der Waals surface area (Å²) in [5, 5.41) is 0. The lowest BCUT2D eigenvalue weighted by Crippen LogP contribution is -2.46. The highest BCUT2D eigenvalue weighted by molar-refractivity contribution is 5.96. The minimum absolute atomic E-state index is 0.0192. The van der Waals surface area contributed by atoms with Crippen molar-refractivity contribution in [1.82, 2.24) is 4.90 Å². The van der Waals surface area contributed by atoms with E-state index in [1.807, 2.05) is 6.92 Å². The van der Waals surface area contributed by atoms with Crippen LogP contribution in [-0.2, 0) is 19.1 Å². The summed E-state index contributed by atoms with van der Waals surface area (Å²) in [4.78, 5) is 35.0. The summed E-state index contributed by atoms with van der Waals surface area (Å²) in [5.74, 6) is -0.865. The van der Waals surface area contributed by atoms with Crippen molar-refractivity contribution >= 4 is 17.8 Å². The molecule has 5 heteroatoms. The molecule has 1 fully saturated rings. The molecule has 0 radical (unpaired) electrons. The van der Waals surface area contributed by atoms with Gasteiger partial charge in [-0.25, -0.2) is 0 Å². The SMILES string of the molecule is CC(=O)OC(C)C1C(C)CC(=O)N1C(C)=O. The van der Waals surface area contributed by atoms with Gasteiger partial charge in [-0.2, -0.15) is 0 Å². The summed E-state index contributed by atoms with van der Waals surface area (Å²) >= 11 is 0. The van der Waals surface area contributed by atoms with E-state index in [0.717, 1.165) is 0 Å². The van der Waals surface area contributed by atoms with Gasteiger partial charge in [0.2, 0.25) is 11.8 Å². The molecule has 16 heavy (non-hydrogen) atoms. The minimum Gasteiger partial charge on any atom is -0.461 e. The fraction of sp³-hybridized carbons (Fsp3) is 0.727. The van der Waals surface area contributed by atoms with E-state index in [1.165, 1.54) is 18.7 Å². The third kappa shape index (κ3) is 2.40. The van der Waals surface area contributed by atoms with Gasteiger partial charge in [0.25, 0.3) is 0 Å². The molecule has 0 bridgehead atoms. The highest BCUT2D eigenvalue weighted by Gasteiger charge is 2.43. The van der Waals surface area contributed by atoms with Crippen molar-refractivity contribution in [2.75, 3.05) is 0 Å². The van der Waals surface area contributed by atoms with Crippen molar-refractivity contribution in [3.05, 3.63) is 0 Å². The lowest BCUT2D eigenvalue weighted by Gasteiger charge is -2.29. The van der Waals surface area contributed by atoms with E-state index in [0.29, 0.717) is 6.42 Å². The third-order valence-electron chi connectivity index (χ3n) is 2.82. The molecule has 0 saturated carbocycles. The molecule has 0 aromatic carbocycles. The monoisotopic (exact) mass is 227 g/mol. The Balaban J connectivity index is 2.86. The number of esters is 1. The second-order valence-corrected chi connectivity index (χ2v) is 4.27. The second kappa shape index (κ2) is 4.63. The Morgan fingerprint density at radius 2 is 2.00 bits per heavy atom. The lowest BCUT2D eigenvalue weighted by molar-refractivity contribution is -0.155. The maximum Gasteiger partial charge on any atom is 0.302 e. The van der Waals surface area contributed by atoms with Crippen LogP contribution in [0.15, 0.2) is 0 Å². The molecule has 0 spiro atoms. The van der Waals surface area contributed by atoms with E-state index in [2.05, 4.69) is 0 Å². The van der Waals surface area contributed by atoms with Crippen LogP contribution in [0.2, 0.25) is 0 Å². The molecule has 1 aliphatic rings. The molecule has 1 saturated heterocycles. The standard InChI is InChI=1S/C11H17NO4/c1-6-5-10(15)12(8(3)13)11(6)7(2)16-9(4)14/h6-7,11H,5H2,1-4H3. The van der Waals surface area contributed by atoms with E-state index in [4.69, 9.17) is 4.74 Å². The minimum atomic E-state index is -0.456. The zero-order valence-corrected chi connectivity index (χ0v) is 10.0. The summed E-state index contributed by atoms with van der Waals surface area (Å²) in [5.41, 5.74) is 0. The van der Waals surface area contributed by atoms with Gasteiger partial charge in [0.05, 0.1) is 6.04 Å². The molecule has 90 valence electrons. The molecule has 0 N–H and O–H groups in total. The Morgan fingerprint density at radius 3 is 2.44 bits per heavy atom. The molecule has 5 nitrogen and oxygen atoms in total. The van der Waals surface area contributed by atoms with Crippen LogP contribution >= 0.6 is 0 Å². The van der Waals surface area contributed by atoms with Crippen LogP contribution in [0, 0.1) is 5.92 Å². The molecule has 3 atom stereocenters. The summed E-state index contributed by atoms with van der Waals surface area (Å²) < 4.78 is 5.05. The van der Waals surface area contributed by atoms with Crippen LogP contribution in [0.1, 0.15) is 34.1 Å². The molecule has 0 aromatic rings. The van der Waals surface area contributed by atoms with Gasteiger partial charge < -0.3 is 4.74 Å². The van der Waals surface area contributed by atoms with E-state index < -0.39 is 12.1 Å². The highest BCUT2D eigenvalue weighted by Crippen LogP contribution is 2.28. The quantitative estimate of drug-likeness (QED) is 0.652.